The topological polar surface area (TPSA) is 105 Å². The minimum atomic E-state index is -0.571. The van der Waals surface area contributed by atoms with E-state index < -0.39 is 5.97 Å². The maximum atomic E-state index is 12.3. The third-order valence-corrected chi connectivity index (χ3v) is 3.17. The first-order valence-corrected chi connectivity index (χ1v) is 6.59. The van der Waals surface area contributed by atoms with Crippen molar-refractivity contribution in [3.8, 4) is 0 Å². The predicted molar refractivity (Wildman–Crippen MR) is 74.4 cm³/mol. The van der Waals surface area contributed by atoms with E-state index in [1.165, 1.54) is 24.1 Å². The van der Waals surface area contributed by atoms with Gasteiger partial charge in [-0.15, -0.1) is 5.10 Å². The molecule has 0 bridgehead atoms. The maximum absolute atomic E-state index is 12.3. The molecule has 0 aromatic carbocycles. The molecule has 0 saturated heterocycles. The summed E-state index contributed by atoms with van der Waals surface area (Å²) in [6.45, 7) is 2.60. The van der Waals surface area contributed by atoms with Crippen LogP contribution in [0.25, 0.3) is 11.2 Å². The number of aryl methyl sites for hydroxylation is 1. The highest BCUT2D eigenvalue weighted by Crippen LogP contribution is 2.10. The van der Waals surface area contributed by atoms with E-state index in [-0.39, 0.29) is 23.4 Å². The van der Waals surface area contributed by atoms with E-state index in [4.69, 9.17) is 4.42 Å². The SMILES string of the molecule is CCn1nnc2c(=O)n(Cc3ccc(C(=O)OC)o3)cnc21. The van der Waals surface area contributed by atoms with Gasteiger partial charge in [-0.3, -0.25) is 9.36 Å². The van der Waals surface area contributed by atoms with Crippen LogP contribution in [0.4, 0.5) is 0 Å². The number of furan rings is 1. The average Bonchev–Trinajstić information content (AvgIpc) is 3.16. The van der Waals surface area contributed by atoms with E-state index in [0.717, 1.165) is 0 Å². The van der Waals surface area contributed by atoms with Crippen LogP contribution in [-0.2, 0) is 17.8 Å². The fraction of sp³-hybridized carbons (Fsp3) is 0.308. The molecule has 0 atom stereocenters. The number of aromatic nitrogens is 5. The number of rotatable bonds is 4. The molecule has 0 saturated carbocycles. The van der Waals surface area contributed by atoms with Crippen molar-refractivity contribution in [2.75, 3.05) is 7.11 Å². The van der Waals surface area contributed by atoms with Crippen molar-refractivity contribution in [3.63, 3.8) is 0 Å². The van der Waals surface area contributed by atoms with Crippen LogP contribution >= 0.6 is 0 Å². The first-order valence-electron chi connectivity index (χ1n) is 6.59. The molecule has 0 spiro atoms. The highest BCUT2D eigenvalue weighted by atomic mass is 16.5. The second-order valence-corrected chi connectivity index (χ2v) is 4.51. The molecule has 0 N–H and O–H groups in total. The van der Waals surface area contributed by atoms with Crippen molar-refractivity contribution < 1.29 is 13.9 Å². The Morgan fingerprint density at radius 3 is 2.95 bits per heavy atom. The van der Waals surface area contributed by atoms with E-state index in [0.29, 0.717) is 18.0 Å². The van der Waals surface area contributed by atoms with Gasteiger partial charge in [0.1, 0.15) is 12.1 Å². The highest BCUT2D eigenvalue weighted by molar-refractivity contribution is 5.86. The summed E-state index contributed by atoms with van der Waals surface area (Å²) in [6.07, 6.45) is 1.40. The summed E-state index contributed by atoms with van der Waals surface area (Å²) in [4.78, 5) is 27.9. The molecule has 3 heterocycles. The van der Waals surface area contributed by atoms with Gasteiger partial charge in [0.2, 0.25) is 5.76 Å². The van der Waals surface area contributed by atoms with Gasteiger partial charge in [0.25, 0.3) is 5.56 Å². The lowest BCUT2D eigenvalue weighted by atomic mass is 10.4. The normalized spacial score (nSPS) is 11.0. The molecule has 0 unspecified atom stereocenters. The second kappa shape index (κ2) is 5.43. The fourth-order valence-electron chi connectivity index (χ4n) is 2.05. The molecule has 9 nitrogen and oxygen atoms in total. The van der Waals surface area contributed by atoms with Gasteiger partial charge in [0.15, 0.2) is 11.2 Å². The van der Waals surface area contributed by atoms with E-state index in [2.05, 4.69) is 20.0 Å². The standard InChI is InChI=1S/C13H13N5O4/c1-3-18-11-10(15-16-18)12(19)17(7-14-11)6-8-4-5-9(22-8)13(20)21-2/h4-5,7H,3,6H2,1-2H3. The molecule has 22 heavy (non-hydrogen) atoms. The van der Waals surface area contributed by atoms with Crippen molar-refractivity contribution in [1.82, 2.24) is 24.5 Å². The van der Waals surface area contributed by atoms with Gasteiger partial charge < -0.3 is 9.15 Å². The molecule has 0 fully saturated rings. The Labute approximate surface area is 124 Å². The molecule has 3 rings (SSSR count). The molecule has 0 radical (unpaired) electrons. The summed E-state index contributed by atoms with van der Waals surface area (Å²) in [7, 11) is 1.27. The van der Waals surface area contributed by atoms with Crippen molar-refractivity contribution in [2.24, 2.45) is 0 Å². The zero-order valence-corrected chi connectivity index (χ0v) is 12.0. The van der Waals surface area contributed by atoms with Crippen LogP contribution in [0.3, 0.4) is 0 Å². The van der Waals surface area contributed by atoms with E-state index >= 15 is 0 Å². The Balaban J connectivity index is 1.94. The molecule has 0 aliphatic carbocycles. The van der Waals surface area contributed by atoms with Crippen LogP contribution < -0.4 is 5.56 Å². The lowest BCUT2D eigenvalue weighted by molar-refractivity contribution is 0.0563. The molecule has 3 aromatic rings. The summed E-state index contributed by atoms with van der Waals surface area (Å²) in [5.41, 5.74) is 0.322. The third kappa shape index (κ3) is 2.26. The van der Waals surface area contributed by atoms with Gasteiger partial charge in [-0.2, -0.15) is 0 Å². The van der Waals surface area contributed by atoms with Crippen molar-refractivity contribution in [2.45, 2.75) is 20.0 Å². The zero-order valence-electron chi connectivity index (χ0n) is 12.0. The van der Waals surface area contributed by atoms with Crippen LogP contribution in [0.15, 0.2) is 27.7 Å². The zero-order chi connectivity index (χ0) is 15.7. The fourth-order valence-corrected chi connectivity index (χ4v) is 2.05. The monoisotopic (exact) mass is 303 g/mol. The number of hydrogen-bond donors (Lipinski definition) is 0. The summed E-state index contributed by atoms with van der Waals surface area (Å²) in [6, 6.07) is 3.09. The molecule has 0 aliphatic heterocycles. The Morgan fingerprint density at radius 2 is 2.23 bits per heavy atom. The lowest BCUT2D eigenvalue weighted by Gasteiger charge is -2.02. The highest BCUT2D eigenvalue weighted by Gasteiger charge is 2.14. The number of methoxy groups -OCH3 is 1. The van der Waals surface area contributed by atoms with Gasteiger partial charge in [-0.05, 0) is 19.1 Å². The quantitative estimate of drug-likeness (QED) is 0.644. The number of hydrogen-bond acceptors (Lipinski definition) is 7. The Kier molecular flexibility index (Phi) is 3.45. The molecular formula is C13H13N5O4. The first kappa shape index (κ1) is 14.0. The van der Waals surface area contributed by atoms with E-state index in [9.17, 15) is 9.59 Å². The van der Waals surface area contributed by atoms with Gasteiger partial charge in [-0.1, -0.05) is 5.21 Å². The number of esters is 1. The second-order valence-electron chi connectivity index (χ2n) is 4.51. The molecule has 0 amide bonds. The molecule has 0 aliphatic rings. The Morgan fingerprint density at radius 1 is 1.41 bits per heavy atom. The van der Waals surface area contributed by atoms with Crippen molar-refractivity contribution in [1.29, 1.82) is 0 Å². The van der Waals surface area contributed by atoms with Gasteiger partial charge in [0.05, 0.1) is 13.7 Å². The summed E-state index contributed by atoms with van der Waals surface area (Å²) in [5, 5.41) is 7.72. The average molecular weight is 303 g/mol. The van der Waals surface area contributed by atoms with Gasteiger partial charge in [0, 0.05) is 6.54 Å². The summed E-state index contributed by atoms with van der Waals surface area (Å²) in [5.74, 6) is -0.0545. The lowest BCUT2D eigenvalue weighted by Crippen LogP contribution is -2.21. The van der Waals surface area contributed by atoms with E-state index in [1.807, 2.05) is 6.92 Å². The Hall–Kier alpha value is -2.97. The van der Waals surface area contributed by atoms with Gasteiger partial charge >= 0.3 is 5.97 Å². The minimum Gasteiger partial charge on any atom is -0.463 e. The number of nitrogens with zero attached hydrogens (tertiary/aromatic N) is 5. The van der Waals surface area contributed by atoms with Crippen molar-refractivity contribution in [3.05, 3.63) is 40.3 Å². The van der Waals surface area contributed by atoms with Gasteiger partial charge in [-0.25, -0.2) is 14.5 Å². The third-order valence-electron chi connectivity index (χ3n) is 3.17. The maximum Gasteiger partial charge on any atom is 0.373 e. The number of ether oxygens (including phenoxy) is 1. The Bertz CT molecular complexity index is 891. The molecule has 114 valence electrons. The van der Waals surface area contributed by atoms with Crippen LogP contribution in [-0.4, -0.2) is 37.6 Å². The van der Waals surface area contributed by atoms with Crippen LogP contribution in [0.5, 0.6) is 0 Å². The first-order chi connectivity index (χ1) is 10.6. The number of carbonyl (C=O) groups is 1. The van der Waals surface area contributed by atoms with E-state index in [1.54, 1.807) is 10.7 Å². The van der Waals surface area contributed by atoms with Crippen LogP contribution in [0, 0.1) is 0 Å². The number of carbonyl (C=O) groups excluding carboxylic acids is 1. The smallest absolute Gasteiger partial charge is 0.373 e. The molecule has 9 heteroatoms. The number of fused-ring (bicyclic) bond motifs is 1. The predicted octanol–water partition coefficient (Wildman–Crippen LogP) is 0.436. The summed E-state index contributed by atoms with van der Waals surface area (Å²) >= 11 is 0. The van der Waals surface area contributed by atoms with Crippen molar-refractivity contribution >= 4 is 17.1 Å². The molecule has 3 aromatic heterocycles. The molecular weight excluding hydrogens is 290 g/mol. The summed E-state index contributed by atoms with van der Waals surface area (Å²) < 4.78 is 12.8. The van der Waals surface area contributed by atoms with Crippen LogP contribution in [0.1, 0.15) is 23.2 Å². The largest absolute Gasteiger partial charge is 0.463 e. The minimum absolute atomic E-state index is 0.0801. The van der Waals surface area contributed by atoms with Crippen LogP contribution in [0.2, 0.25) is 0 Å².